The molecule has 24 heavy (non-hydrogen) atoms. The summed E-state index contributed by atoms with van der Waals surface area (Å²) in [6.07, 6.45) is 12.5. The first-order valence-electron chi connectivity index (χ1n) is 9.75. The van der Waals surface area contributed by atoms with E-state index in [0.29, 0.717) is 25.8 Å². The van der Waals surface area contributed by atoms with E-state index in [1.807, 2.05) is 0 Å². The Balaban J connectivity index is 1.83. The molecule has 0 unspecified atom stereocenters. The topological polar surface area (TPSA) is 66.5 Å². The van der Waals surface area contributed by atoms with Crippen molar-refractivity contribution >= 4 is 17.7 Å². The summed E-state index contributed by atoms with van der Waals surface area (Å²) in [4.78, 5) is 35.8. The standard InChI is InChI=1S/C19H34N2O3/c1-2-3-15-20-17(22)12-10-8-6-4-5-7-9-11-16-21-18(23)13-14-19(21)24/h2-16H2,1H3,(H,20,22). The highest BCUT2D eigenvalue weighted by Crippen LogP contribution is 2.14. The zero-order chi connectivity index (χ0) is 17.6. The van der Waals surface area contributed by atoms with Crippen LogP contribution >= 0.6 is 0 Å². The SMILES string of the molecule is CCCCNC(=O)CCCCCCCCCCN1C(=O)CCC1=O. The summed E-state index contributed by atoms with van der Waals surface area (Å²) in [5.41, 5.74) is 0. The van der Waals surface area contributed by atoms with E-state index < -0.39 is 0 Å². The molecule has 1 fully saturated rings. The molecular weight excluding hydrogens is 304 g/mol. The van der Waals surface area contributed by atoms with Crippen LogP contribution in [0.25, 0.3) is 0 Å². The highest BCUT2D eigenvalue weighted by molar-refractivity contribution is 6.01. The maximum Gasteiger partial charge on any atom is 0.229 e. The van der Waals surface area contributed by atoms with Crippen molar-refractivity contribution in [3.05, 3.63) is 0 Å². The van der Waals surface area contributed by atoms with Crippen LogP contribution < -0.4 is 5.32 Å². The Morgan fingerprint density at radius 3 is 2.00 bits per heavy atom. The summed E-state index contributed by atoms with van der Waals surface area (Å²) in [6, 6.07) is 0. The number of unbranched alkanes of at least 4 members (excludes halogenated alkanes) is 8. The first kappa shape index (κ1) is 20.7. The van der Waals surface area contributed by atoms with Crippen molar-refractivity contribution in [2.75, 3.05) is 13.1 Å². The molecule has 0 aliphatic carbocycles. The van der Waals surface area contributed by atoms with Crippen LogP contribution in [0.4, 0.5) is 0 Å². The zero-order valence-electron chi connectivity index (χ0n) is 15.3. The van der Waals surface area contributed by atoms with Gasteiger partial charge in [0.1, 0.15) is 0 Å². The summed E-state index contributed by atoms with van der Waals surface area (Å²) >= 11 is 0. The fourth-order valence-electron chi connectivity index (χ4n) is 2.98. The molecule has 5 nitrogen and oxygen atoms in total. The number of nitrogens with one attached hydrogen (secondary N) is 1. The molecule has 0 spiro atoms. The number of imide groups is 1. The average Bonchev–Trinajstić information content (AvgIpc) is 2.88. The number of carbonyl (C=O) groups excluding carboxylic acids is 3. The number of carbonyl (C=O) groups is 3. The number of hydrogen-bond acceptors (Lipinski definition) is 3. The van der Waals surface area contributed by atoms with Gasteiger partial charge in [0.25, 0.3) is 0 Å². The molecule has 1 N–H and O–H groups in total. The minimum Gasteiger partial charge on any atom is -0.356 e. The molecule has 138 valence electrons. The van der Waals surface area contributed by atoms with Gasteiger partial charge in [0.15, 0.2) is 0 Å². The fraction of sp³-hybridized carbons (Fsp3) is 0.842. The Hall–Kier alpha value is -1.39. The highest BCUT2D eigenvalue weighted by atomic mass is 16.2. The van der Waals surface area contributed by atoms with Gasteiger partial charge < -0.3 is 5.32 Å². The molecule has 0 aromatic carbocycles. The second-order valence-electron chi connectivity index (χ2n) is 6.72. The number of likely N-dealkylation sites (tertiary alicyclic amines) is 1. The monoisotopic (exact) mass is 338 g/mol. The van der Waals surface area contributed by atoms with Crippen LogP contribution in [0.3, 0.4) is 0 Å². The number of nitrogens with zero attached hydrogens (tertiary/aromatic N) is 1. The highest BCUT2D eigenvalue weighted by Gasteiger charge is 2.27. The quantitative estimate of drug-likeness (QED) is 0.389. The molecule has 1 rings (SSSR count). The molecule has 1 saturated heterocycles. The third-order valence-corrected chi connectivity index (χ3v) is 4.54. The molecule has 1 aliphatic rings. The summed E-state index contributed by atoms with van der Waals surface area (Å²) < 4.78 is 0. The van der Waals surface area contributed by atoms with Crippen LogP contribution in [0, 0.1) is 0 Å². The Morgan fingerprint density at radius 1 is 0.875 bits per heavy atom. The normalized spacial score (nSPS) is 14.5. The summed E-state index contributed by atoms with van der Waals surface area (Å²) in [5, 5.41) is 2.95. The molecule has 5 heteroatoms. The Kier molecular flexibility index (Phi) is 11.2. The minimum atomic E-state index is -0.00117. The third-order valence-electron chi connectivity index (χ3n) is 4.54. The van der Waals surface area contributed by atoms with Crippen LogP contribution in [0.1, 0.15) is 90.4 Å². The first-order valence-corrected chi connectivity index (χ1v) is 9.75. The van der Waals surface area contributed by atoms with E-state index in [0.717, 1.165) is 51.5 Å². The Morgan fingerprint density at radius 2 is 1.42 bits per heavy atom. The van der Waals surface area contributed by atoms with Gasteiger partial charge in [-0.15, -0.1) is 0 Å². The smallest absolute Gasteiger partial charge is 0.229 e. The number of hydrogen-bond donors (Lipinski definition) is 1. The molecule has 0 aromatic heterocycles. The predicted octanol–water partition coefficient (Wildman–Crippen LogP) is 3.56. The van der Waals surface area contributed by atoms with Gasteiger partial charge in [0, 0.05) is 32.4 Å². The Bertz CT molecular complexity index is 380. The fourth-order valence-corrected chi connectivity index (χ4v) is 2.98. The average molecular weight is 338 g/mol. The van der Waals surface area contributed by atoms with Crippen LogP contribution in [0.5, 0.6) is 0 Å². The largest absolute Gasteiger partial charge is 0.356 e. The van der Waals surface area contributed by atoms with Gasteiger partial charge in [-0.05, 0) is 19.3 Å². The third kappa shape index (κ3) is 9.04. The van der Waals surface area contributed by atoms with Crippen molar-refractivity contribution in [3.8, 4) is 0 Å². The van der Waals surface area contributed by atoms with Gasteiger partial charge in [0.05, 0.1) is 0 Å². The van der Waals surface area contributed by atoms with Crippen molar-refractivity contribution in [1.29, 1.82) is 0 Å². The Labute approximate surface area is 146 Å². The van der Waals surface area contributed by atoms with E-state index >= 15 is 0 Å². The van der Waals surface area contributed by atoms with E-state index in [1.54, 1.807) is 0 Å². The molecular formula is C19H34N2O3. The van der Waals surface area contributed by atoms with E-state index in [-0.39, 0.29) is 17.7 Å². The second kappa shape index (κ2) is 13.0. The summed E-state index contributed by atoms with van der Waals surface area (Å²) in [6.45, 7) is 3.53. The van der Waals surface area contributed by atoms with Gasteiger partial charge in [-0.3, -0.25) is 19.3 Å². The van der Waals surface area contributed by atoms with E-state index in [9.17, 15) is 14.4 Å². The van der Waals surface area contributed by atoms with Gasteiger partial charge in [-0.25, -0.2) is 0 Å². The van der Waals surface area contributed by atoms with Crippen LogP contribution in [-0.2, 0) is 14.4 Å². The molecule has 0 aromatic rings. The molecule has 1 heterocycles. The van der Waals surface area contributed by atoms with Crippen molar-refractivity contribution in [1.82, 2.24) is 10.2 Å². The van der Waals surface area contributed by atoms with Crippen molar-refractivity contribution in [3.63, 3.8) is 0 Å². The molecule has 1 aliphatic heterocycles. The lowest BCUT2D eigenvalue weighted by molar-refractivity contribution is -0.138. The van der Waals surface area contributed by atoms with Crippen molar-refractivity contribution in [2.45, 2.75) is 90.4 Å². The molecule has 3 amide bonds. The van der Waals surface area contributed by atoms with Gasteiger partial charge in [0.2, 0.25) is 17.7 Å². The van der Waals surface area contributed by atoms with E-state index in [1.165, 1.54) is 24.2 Å². The lowest BCUT2D eigenvalue weighted by atomic mass is 10.1. The molecule has 0 saturated carbocycles. The number of amides is 3. The minimum absolute atomic E-state index is 0.00117. The maximum absolute atomic E-state index is 11.5. The molecule has 0 atom stereocenters. The molecule has 0 bridgehead atoms. The van der Waals surface area contributed by atoms with Crippen LogP contribution in [0.15, 0.2) is 0 Å². The lowest BCUT2D eigenvalue weighted by Crippen LogP contribution is -2.29. The zero-order valence-corrected chi connectivity index (χ0v) is 15.3. The van der Waals surface area contributed by atoms with E-state index in [2.05, 4.69) is 12.2 Å². The predicted molar refractivity (Wildman–Crippen MR) is 95.4 cm³/mol. The van der Waals surface area contributed by atoms with Gasteiger partial charge >= 0.3 is 0 Å². The van der Waals surface area contributed by atoms with Crippen molar-refractivity contribution in [2.24, 2.45) is 0 Å². The lowest BCUT2D eigenvalue weighted by Gasteiger charge is -2.13. The van der Waals surface area contributed by atoms with Crippen molar-refractivity contribution < 1.29 is 14.4 Å². The second-order valence-corrected chi connectivity index (χ2v) is 6.72. The maximum atomic E-state index is 11.5. The molecule has 0 radical (unpaired) electrons. The van der Waals surface area contributed by atoms with Gasteiger partial charge in [-0.2, -0.15) is 0 Å². The first-order chi connectivity index (χ1) is 11.6. The van der Waals surface area contributed by atoms with Crippen LogP contribution in [0.2, 0.25) is 0 Å². The number of rotatable bonds is 14. The summed E-state index contributed by atoms with van der Waals surface area (Å²) in [7, 11) is 0. The van der Waals surface area contributed by atoms with Crippen LogP contribution in [-0.4, -0.2) is 35.7 Å². The summed E-state index contributed by atoms with van der Waals surface area (Å²) in [5.74, 6) is 0.187. The van der Waals surface area contributed by atoms with E-state index in [4.69, 9.17) is 0 Å². The van der Waals surface area contributed by atoms with Gasteiger partial charge in [-0.1, -0.05) is 51.9 Å².